The molecule has 5 heterocycles. The van der Waals surface area contributed by atoms with Gasteiger partial charge in [0.25, 0.3) is 0 Å². The molecule has 0 unspecified atom stereocenters. The van der Waals surface area contributed by atoms with Crippen molar-refractivity contribution in [2.45, 2.75) is 18.9 Å². The zero-order valence-corrected chi connectivity index (χ0v) is 17.7. The van der Waals surface area contributed by atoms with Crippen LogP contribution in [0.4, 0.5) is 4.39 Å². The average molecular weight is 476 g/mol. The van der Waals surface area contributed by atoms with Crippen molar-refractivity contribution in [3.8, 4) is 0 Å². The monoisotopic (exact) mass is 474 g/mol. The lowest BCUT2D eigenvalue weighted by molar-refractivity contribution is 0.0543. The Morgan fingerprint density at radius 3 is 2.76 bits per heavy atom. The van der Waals surface area contributed by atoms with Gasteiger partial charge < -0.3 is 9.30 Å². The van der Waals surface area contributed by atoms with E-state index in [0.29, 0.717) is 24.1 Å². The minimum Gasteiger partial charge on any atom is -0.381 e. The van der Waals surface area contributed by atoms with Crippen LogP contribution in [0.15, 0.2) is 47.3 Å². The molecule has 148 valence electrons. The smallest absolute Gasteiger partial charge is 0.146 e. The highest BCUT2D eigenvalue weighted by Crippen LogP contribution is 2.40. The molecule has 0 N–H and O–H groups in total. The van der Waals surface area contributed by atoms with Gasteiger partial charge in [-0.2, -0.15) is 0 Å². The van der Waals surface area contributed by atoms with E-state index in [1.165, 1.54) is 6.07 Å². The first-order valence-electron chi connectivity index (χ1n) is 9.42. The normalized spacial score (nSPS) is 16.5. The van der Waals surface area contributed by atoms with Crippen molar-refractivity contribution in [2.75, 3.05) is 13.2 Å². The van der Waals surface area contributed by atoms with E-state index in [1.807, 2.05) is 12.1 Å². The van der Waals surface area contributed by atoms with Crippen LogP contribution >= 0.6 is 27.5 Å². The van der Waals surface area contributed by atoms with E-state index in [-0.39, 0.29) is 17.8 Å². The maximum absolute atomic E-state index is 15.0. The Bertz CT molecular complexity index is 1150. The molecule has 1 aliphatic rings. The third-order valence-electron chi connectivity index (χ3n) is 5.51. The Labute approximate surface area is 180 Å². The van der Waals surface area contributed by atoms with E-state index in [0.717, 1.165) is 39.3 Å². The van der Waals surface area contributed by atoms with Crippen molar-refractivity contribution in [2.24, 2.45) is 5.92 Å². The van der Waals surface area contributed by atoms with Crippen LogP contribution in [0.25, 0.3) is 21.9 Å². The minimum absolute atomic E-state index is 0.165. The summed E-state index contributed by atoms with van der Waals surface area (Å²) in [5.74, 6) is -0.153. The van der Waals surface area contributed by atoms with E-state index < -0.39 is 0 Å². The molecule has 4 aromatic heterocycles. The summed E-state index contributed by atoms with van der Waals surface area (Å²) in [5, 5.41) is 1.26. The SMILES string of the molecule is Fc1cccnc1[C@H](C1CCOCC1)n1c2cc(Cl)ncc2c2ncc(Br)cc21. The summed E-state index contributed by atoms with van der Waals surface area (Å²) < 4.78 is 23.5. The largest absolute Gasteiger partial charge is 0.381 e. The minimum atomic E-state index is -0.317. The van der Waals surface area contributed by atoms with Gasteiger partial charge in [0, 0.05) is 41.7 Å². The van der Waals surface area contributed by atoms with E-state index in [9.17, 15) is 4.39 Å². The Kier molecular flexibility index (Phi) is 4.97. The predicted octanol–water partition coefficient (Wildman–Crippen LogP) is 5.55. The number of ether oxygens (including phenoxy) is 1. The molecule has 29 heavy (non-hydrogen) atoms. The fraction of sp³-hybridized carbons (Fsp3) is 0.286. The molecule has 5 rings (SSSR count). The molecule has 1 saturated heterocycles. The molecular formula is C21H17BrClFN4O. The quantitative estimate of drug-likeness (QED) is 0.365. The van der Waals surface area contributed by atoms with Gasteiger partial charge in [-0.05, 0) is 59.0 Å². The zero-order chi connectivity index (χ0) is 20.0. The lowest BCUT2D eigenvalue weighted by Gasteiger charge is -2.32. The van der Waals surface area contributed by atoms with Crippen molar-refractivity contribution >= 4 is 49.5 Å². The molecule has 1 aliphatic heterocycles. The lowest BCUT2D eigenvalue weighted by atomic mass is 9.88. The van der Waals surface area contributed by atoms with Crippen molar-refractivity contribution in [1.29, 1.82) is 0 Å². The molecule has 5 nitrogen and oxygen atoms in total. The van der Waals surface area contributed by atoms with Crippen molar-refractivity contribution in [3.63, 3.8) is 0 Å². The van der Waals surface area contributed by atoms with Crippen LogP contribution < -0.4 is 0 Å². The zero-order valence-electron chi connectivity index (χ0n) is 15.4. The van der Waals surface area contributed by atoms with Crippen molar-refractivity contribution < 1.29 is 9.13 Å². The van der Waals surface area contributed by atoms with E-state index in [1.54, 1.807) is 24.7 Å². The van der Waals surface area contributed by atoms with E-state index in [2.05, 4.69) is 35.4 Å². The van der Waals surface area contributed by atoms with Crippen LogP contribution in [0.1, 0.15) is 24.6 Å². The predicted molar refractivity (Wildman–Crippen MR) is 114 cm³/mol. The molecule has 4 aromatic rings. The Morgan fingerprint density at radius 1 is 1.14 bits per heavy atom. The van der Waals surface area contributed by atoms with Gasteiger partial charge in [-0.25, -0.2) is 9.37 Å². The molecule has 0 aromatic carbocycles. The maximum atomic E-state index is 15.0. The maximum Gasteiger partial charge on any atom is 0.146 e. The first-order valence-corrected chi connectivity index (χ1v) is 10.6. The number of nitrogens with zero attached hydrogens (tertiary/aromatic N) is 4. The molecule has 8 heteroatoms. The van der Waals surface area contributed by atoms with Gasteiger partial charge in [-0.3, -0.25) is 9.97 Å². The van der Waals surface area contributed by atoms with E-state index in [4.69, 9.17) is 16.3 Å². The summed E-state index contributed by atoms with van der Waals surface area (Å²) in [6.07, 6.45) is 6.77. The van der Waals surface area contributed by atoms with Crippen LogP contribution in [-0.4, -0.2) is 32.7 Å². The van der Waals surface area contributed by atoms with Gasteiger partial charge in [-0.1, -0.05) is 11.6 Å². The highest BCUT2D eigenvalue weighted by molar-refractivity contribution is 9.10. The summed E-state index contributed by atoms with van der Waals surface area (Å²) in [6.45, 7) is 1.30. The van der Waals surface area contributed by atoms with Crippen LogP contribution in [0.3, 0.4) is 0 Å². The Hall–Kier alpha value is -2.09. The number of rotatable bonds is 3. The van der Waals surface area contributed by atoms with Gasteiger partial charge in [0.1, 0.15) is 11.0 Å². The van der Waals surface area contributed by atoms with E-state index >= 15 is 0 Å². The second-order valence-corrected chi connectivity index (χ2v) is 8.48. The average Bonchev–Trinajstić information content (AvgIpc) is 3.03. The molecule has 0 aliphatic carbocycles. The topological polar surface area (TPSA) is 52.8 Å². The number of pyridine rings is 3. The van der Waals surface area contributed by atoms with Crippen molar-refractivity contribution in [3.05, 3.63) is 64.0 Å². The van der Waals surface area contributed by atoms with Gasteiger partial charge in [0.2, 0.25) is 0 Å². The summed E-state index contributed by atoms with van der Waals surface area (Å²) in [4.78, 5) is 13.3. The molecular weight excluding hydrogens is 459 g/mol. The third kappa shape index (κ3) is 3.31. The highest BCUT2D eigenvalue weighted by atomic mass is 79.9. The van der Waals surface area contributed by atoms with Gasteiger partial charge >= 0.3 is 0 Å². The fourth-order valence-corrected chi connectivity index (χ4v) is 4.73. The number of hydrogen-bond donors (Lipinski definition) is 0. The van der Waals surface area contributed by atoms with Gasteiger partial charge in [-0.15, -0.1) is 0 Å². The standard InChI is InChI=1S/C21H17BrClFN4O/c22-13-8-17-19(27-10-13)14-11-26-18(23)9-16(14)28(17)21(12-3-6-29-7-4-12)20-15(24)2-1-5-25-20/h1-2,5,8-12,21H,3-4,6-7H2/t21-/m0/s1. The molecule has 0 bridgehead atoms. The van der Waals surface area contributed by atoms with Crippen molar-refractivity contribution in [1.82, 2.24) is 19.5 Å². The summed E-state index contributed by atoms with van der Waals surface area (Å²) in [5.41, 5.74) is 2.99. The number of fused-ring (bicyclic) bond motifs is 3. The summed E-state index contributed by atoms with van der Waals surface area (Å²) >= 11 is 9.78. The van der Waals surface area contributed by atoms with Crippen LogP contribution in [0.5, 0.6) is 0 Å². The summed E-state index contributed by atoms with van der Waals surface area (Å²) in [7, 11) is 0. The Balaban J connectivity index is 1.86. The third-order valence-corrected chi connectivity index (χ3v) is 6.16. The molecule has 0 amide bonds. The lowest BCUT2D eigenvalue weighted by Crippen LogP contribution is -2.28. The van der Waals surface area contributed by atoms with Gasteiger partial charge in [0.15, 0.2) is 0 Å². The van der Waals surface area contributed by atoms with Gasteiger partial charge in [0.05, 0.1) is 28.3 Å². The Morgan fingerprint density at radius 2 is 1.97 bits per heavy atom. The highest BCUT2D eigenvalue weighted by Gasteiger charge is 2.32. The summed E-state index contributed by atoms with van der Waals surface area (Å²) in [6, 6.07) is 6.59. The van der Waals surface area contributed by atoms with Crippen LogP contribution in [0, 0.1) is 11.7 Å². The first-order chi connectivity index (χ1) is 14.1. The first kappa shape index (κ1) is 18.9. The molecule has 0 radical (unpaired) electrons. The fourth-order valence-electron chi connectivity index (χ4n) is 4.25. The molecule has 0 saturated carbocycles. The molecule has 1 atom stereocenters. The second-order valence-electron chi connectivity index (χ2n) is 7.18. The number of halogens is 3. The van der Waals surface area contributed by atoms with Crippen LogP contribution in [-0.2, 0) is 4.74 Å². The molecule has 0 spiro atoms. The second kappa shape index (κ2) is 7.63. The number of hydrogen-bond acceptors (Lipinski definition) is 4. The van der Waals surface area contributed by atoms with Crippen LogP contribution in [0.2, 0.25) is 5.15 Å². The molecule has 1 fully saturated rings. The number of aromatic nitrogens is 4.